The highest BCUT2D eigenvalue weighted by Gasteiger charge is 2.47. The van der Waals surface area contributed by atoms with Crippen LogP contribution in [0.2, 0.25) is 0 Å². The summed E-state index contributed by atoms with van der Waals surface area (Å²) in [5.74, 6) is 1.58. The lowest BCUT2D eigenvalue weighted by atomic mass is 9.89. The Kier molecular flexibility index (Phi) is 7.78. The molecule has 1 aromatic heterocycles. The molecule has 8 nitrogen and oxygen atoms in total. The summed E-state index contributed by atoms with van der Waals surface area (Å²) in [7, 11) is 0. The third-order valence-electron chi connectivity index (χ3n) is 5.96. The fraction of sp³-hybridized carbons (Fsp3) is 0.714. The number of H-pyrrole nitrogens is 1. The number of aromatic nitrogens is 4. The molecule has 1 saturated heterocycles. The highest BCUT2D eigenvalue weighted by Crippen LogP contribution is 2.46. The van der Waals surface area contributed by atoms with E-state index in [2.05, 4.69) is 33.6 Å². The smallest absolute Gasteiger partial charge is 0.148 e. The molecule has 2 heterocycles. The van der Waals surface area contributed by atoms with Gasteiger partial charge in [0.25, 0.3) is 0 Å². The van der Waals surface area contributed by atoms with Crippen LogP contribution in [0.25, 0.3) is 0 Å². The molecule has 0 bridgehead atoms. The van der Waals surface area contributed by atoms with E-state index < -0.39 is 12.2 Å². The Labute approximate surface area is 171 Å². The number of aliphatic hydroxyl groups is 2. The number of nitriles is 1. The van der Waals surface area contributed by atoms with Crippen molar-refractivity contribution >= 4 is 0 Å². The van der Waals surface area contributed by atoms with E-state index in [0.717, 1.165) is 37.9 Å². The number of tetrazole rings is 1. The standard InChI is InChI=1S/C21H31N5O3/c1-2-3-4-7-15(27)9-10-16-17-11-19(29-20(17)12-18(16)28)14(13-22)6-5-8-21-23-25-26-24-21/h9-10,15-18,20,27-28H,2-8,11-12H2,1H3,(H,23,24,25,26)/b10-9+,19-14-/t15-,16+,17+,18+,20-/m0/s1. The van der Waals surface area contributed by atoms with Crippen LogP contribution in [-0.2, 0) is 11.2 Å². The van der Waals surface area contributed by atoms with E-state index in [0.29, 0.717) is 37.1 Å². The second-order valence-electron chi connectivity index (χ2n) is 8.07. The minimum absolute atomic E-state index is 0.0430. The molecule has 2 fully saturated rings. The zero-order valence-electron chi connectivity index (χ0n) is 17.0. The highest BCUT2D eigenvalue weighted by molar-refractivity contribution is 5.28. The number of ether oxygens (including phenoxy) is 1. The fourth-order valence-corrected chi connectivity index (χ4v) is 4.35. The Morgan fingerprint density at radius 1 is 1.41 bits per heavy atom. The normalized spacial score (nSPS) is 28.9. The van der Waals surface area contributed by atoms with Gasteiger partial charge >= 0.3 is 0 Å². The number of aliphatic hydroxyl groups excluding tert-OH is 2. The number of rotatable bonds is 10. The van der Waals surface area contributed by atoms with E-state index in [9.17, 15) is 15.5 Å². The van der Waals surface area contributed by atoms with Crippen molar-refractivity contribution in [2.75, 3.05) is 0 Å². The van der Waals surface area contributed by atoms with Crippen molar-refractivity contribution in [2.24, 2.45) is 11.8 Å². The minimum atomic E-state index is -0.467. The number of fused-ring (bicyclic) bond motifs is 1. The summed E-state index contributed by atoms with van der Waals surface area (Å²) in [6.07, 6.45) is 10.1. The summed E-state index contributed by atoms with van der Waals surface area (Å²) in [6.45, 7) is 2.14. The van der Waals surface area contributed by atoms with Gasteiger partial charge in [-0.1, -0.05) is 38.3 Å². The number of hydrogen-bond acceptors (Lipinski definition) is 7. The van der Waals surface area contributed by atoms with E-state index in [1.807, 2.05) is 12.2 Å². The maximum Gasteiger partial charge on any atom is 0.148 e. The van der Waals surface area contributed by atoms with Gasteiger partial charge in [-0.3, -0.25) is 0 Å². The van der Waals surface area contributed by atoms with Crippen LogP contribution < -0.4 is 0 Å². The number of unbranched alkanes of at least 4 members (excludes halogenated alkanes) is 2. The zero-order valence-corrected chi connectivity index (χ0v) is 17.0. The van der Waals surface area contributed by atoms with Crippen LogP contribution in [-0.4, -0.2) is 49.1 Å². The maximum absolute atomic E-state index is 10.4. The number of nitrogens with one attached hydrogen (secondary N) is 1. The quantitative estimate of drug-likeness (QED) is 0.312. The van der Waals surface area contributed by atoms with Crippen molar-refractivity contribution < 1.29 is 14.9 Å². The number of hydrogen-bond donors (Lipinski definition) is 3. The number of nitrogens with zero attached hydrogens (tertiary/aromatic N) is 4. The molecule has 158 valence electrons. The molecule has 1 aliphatic carbocycles. The van der Waals surface area contributed by atoms with Gasteiger partial charge in [0.15, 0.2) is 0 Å². The first-order valence-corrected chi connectivity index (χ1v) is 10.7. The molecule has 0 unspecified atom stereocenters. The maximum atomic E-state index is 10.4. The van der Waals surface area contributed by atoms with Crippen LogP contribution in [0.15, 0.2) is 23.5 Å². The van der Waals surface area contributed by atoms with Crippen molar-refractivity contribution in [3.8, 4) is 6.07 Å². The van der Waals surface area contributed by atoms with Crippen LogP contribution in [0.1, 0.15) is 64.1 Å². The molecule has 0 spiro atoms. The SMILES string of the molecule is CCCCC[C@H](O)/C=C/[C@@H]1[C@H]2C/C(=C(/C#N)CCCc3nnn[nH]3)O[C@H]2C[C@H]1O. The molecule has 1 saturated carbocycles. The van der Waals surface area contributed by atoms with Crippen LogP contribution in [0.4, 0.5) is 0 Å². The zero-order chi connectivity index (χ0) is 20.6. The van der Waals surface area contributed by atoms with Crippen LogP contribution in [0.3, 0.4) is 0 Å². The largest absolute Gasteiger partial charge is 0.493 e. The van der Waals surface area contributed by atoms with E-state index in [-0.39, 0.29) is 17.9 Å². The Morgan fingerprint density at radius 2 is 2.28 bits per heavy atom. The molecule has 0 aromatic carbocycles. The van der Waals surface area contributed by atoms with Crippen molar-refractivity contribution in [1.82, 2.24) is 20.6 Å². The lowest BCUT2D eigenvalue weighted by molar-refractivity contribution is 0.111. The van der Waals surface area contributed by atoms with Crippen molar-refractivity contribution in [2.45, 2.75) is 83.0 Å². The molecule has 5 atom stereocenters. The van der Waals surface area contributed by atoms with Crippen LogP contribution in [0.5, 0.6) is 0 Å². The summed E-state index contributed by atoms with van der Waals surface area (Å²) in [6, 6.07) is 2.29. The van der Waals surface area contributed by atoms with Gasteiger partial charge in [-0.05, 0) is 29.7 Å². The average Bonchev–Trinajstić information content (AvgIpc) is 3.41. The van der Waals surface area contributed by atoms with Gasteiger partial charge < -0.3 is 14.9 Å². The first-order valence-electron chi connectivity index (χ1n) is 10.7. The molecular weight excluding hydrogens is 370 g/mol. The van der Waals surface area contributed by atoms with Gasteiger partial charge in [0.2, 0.25) is 0 Å². The number of allylic oxidation sites excluding steroid dienone is 2. The third kappa shape index (κ3) is 5.64. The number of aromatic amines is 1. The second-order valence-corrected chi connectivity index (χ2v) is 8.07. The summed E-state index contributed by atoms with van der Waals surface area (Å²) >= 11 is 0. The van der Waals surface area contributed by atoms with Crippen molar-refractivity contribution in [3.63, 3.8) is 0 Å². The van der Waals surface area contributed by atoms with Gasteiger partial charge in [-0.15, -0.1) is 5.10 Å². The molecule has 2 aliphatic rings. The molecule has 8 heteroatoms. The Bertz CT molecular complexity index is 740. The Morgan fingerprint density at radius 3 is 3.00 bits per heavy atom. The molecule has 0 radical (unpaired) electrons. The average molecular weight is 402 g/mol. The summed E-state index contributed by atoms with van der Waals surface area (Å²) in [4.78, 5) is 0. The molecule has 1 aromatic rings. The van der Waals surface area contributed by atoms with E-state index in [1.165, 1.54) is 0 Å². The molecule has 29 heavy (non-hydrogen) atoms. The first-order chi connectivity index (χ1) is 14.1. The number of aryl methyl sites for hydroxylation is 1. The van der Waals surface area contributed by atoms with Gasteiger partial charge in [-0.25, -0.2) is 5.10 Å². The van der Waals surface area contributed by atoms with E-state index in [1.54, 1.807) is 0 Å². The predicted octanol–water partition coefficient (Wildman–Crippen LogP) is 2.58. The summed E-state index contributed by atoms with van der Waals surface area (Å²) in [5, 5.41) is 43.8. The van der Waals surface area contributed by atoms with E-state index >= 15 is 0 Å². The Hall–Kier alpha value is -2.24. The fourth-order valence-electron chi connectivity index (χ4n) is 4.35. The molecular formula is C21H31N5O3. The minimum Gasteiger partial charge on any atom is -0.493 e. The molecule has 3 rings (SSSR count). The molecule has 0 amide bonds. The molecule has 1 aliphatic heterocycles. The lowest BCUT2D eigenvalue weighted by Gasteiger charge is -2.16. The van der Waals surface area contributed by atoms with E-state index in [4.69, 9.17) is 4.74 Å². The second kappa shape index (κ2) is 10.5. The van der Waals surface area contributed by atoms with Gasteiger partial charge in [-0.2, -0.15) is 5.26 Å². The van der Waals surface area contributed by atoms with Crippen molar-refractivity contribution in [3.05, 3.63) is 29.3 Å². The topological polar surface area (TPSA) is 128 Å². The lowest BCUT2D eigenvalue weighted by Crippen LogP contribution is -2.18. The Balaban J connectivity index is 1.56. The highest BCUT2D eigenvalue weighted by atomic mass is 16.5. The predicted molar refractivity (Wildman–Crippen MR) is 106 cm³/mol. The van der Waals surface area contributed by atoms with Crippen molar-refractivity contribution in [1.29, 1.82) is 5.26 Å². The van der Waals surface area contributed by atoms with Gasteiger partial charge in [0, 0.05) is 31.1 Å². The first kappa shape index (κ1) is 21.5. The van der Waals surface area contributed by atoms with Crippen LogP contribution >= 0.6 is 0 Å². The van der Waals surface area contributed by atoms with Gasteiger partial charge in [0.05, 0.1) is 23.9 Å². The summed E-state index contributed by atoms with van der Waals surface area (Å²) < 4.78 is 6.07. The third-order valence-corrected chi connectivity index (χ3v) is 5.96. The monoisotopic (exact) mass is 401 g/mol. The summed E-state index contributed by atoms with van der Waals surface area (Å²) in [5.41, 5.74) is 0.670. The molecule has 3 N–H and O–H groups in total. The van der Waals surface area contributed by atoms with Gasteiger partial charge in [0.1, 0.15) is 17.7 Å². The van der Waals surface area contributed by atoms with Crippen LogP contribution in [0, 0.1) is 23.2 Å².